The predicted molar refractivity (Wildman–Crippen MR) is 148 cm³/mol. The van der Waals surface area contributed by atoms with Crippen molar-refractivity contribution < 1.29 is 9.15 Å². The molecule has 7 rings (SSSR count). The fourth-order valence-electron chi connectivity index (χ4n) is 4.74. The Kier molecular flexibility index (Phi) is 5.07. The Balaban J connectivity index is 1.35. The minimum atomic E-state index is 0.572. The lowest BCUT2D eigenvalue weighted by Gasteiger charge is -2.09. The molecule has 5 aromatic carbocycles. The molecule has 7 aromatic rings. The summed E-state index contributed by atoms with van der Waals surface area (Å²) in [6, 6.07) is 44.9. The van der Waals surface area contributed by atoms with Crippen LogP contribution in [0.25, 0.3) is 50.6 Å². The lowest BCUT2D eigenvalue weighted by Crippen LogP contribution is -1.90. The minimum Gasteiger partial charge on any atom is -0.457 e. The van der Waals surface area contributed by atoms with E-state index in [0.717, 1.165) is 45.1 Å². The van der Waals surface area contributed by atoms with Crippen LogP contribution in [-0.2, 0) is 0 Å². The molecule has 0 fully saturated rings. The average Bonchev–Trinajstić information content (AvgIpc) is 3.51. The molecule has 4 nitrogen and oxygen atoms in total. The van der Waals surface area contributed by atoms with Crippen molar-refractivity contribution in [1.29, 1.82) is 0 Å². The Morgan fingerprint density at radius 1 is 0.514 bits per heavy atom. The van der Waals surface area contributed by atoms with E-state index in [1.807, 2.05) is 78.9 Å². The summed E-state index contributed by atoms with van der Waals surface area (Å²) in [5, 5.41) is 0. The molecule has 0 bridgehead atoms. The Morgan fingerprint density at radius 3 is 1.84 bits per heavy atom. The maximum absolute atomic E-state index is 6.14. The highest BCUT2D eigenvalue weighted by Gasteiger charge is 2.21. The van der Waals surface area contributed by atoms with Crippen LogP contribution in [0, 0.1) is 0 Å². The molecular weight excluding hydrogens is 456 g/mol. The fourth-order valence-corrected chi connectivity index (χ4v) is 4.74. The Morgan fingerprint density at radius 2 is 1.08 bits per heavy atom. The maximum Gasteiger partial charge on any atom is 0.307 e. The molecule has 0 saturated heterocycles. The summed E-state index contributed by atoms with van der Waals surface area (Å²) in [5.41, 5.74) is 8.08. The number of benzene rings is 5. The molecule has 0 radical (unpaired) electrons. The summed E-state index contributed by atoms with van der Waals surface area (Å²) < 4.78 is 14.2. The second kappa shape index (κ2) is 8.85. The second-order valence-corrected chi connectivity index (χ2v) is 8.88. The zero-order valence-corrected chi connectivity index (χ0v) is 19.9. The average molecular weight is 479 g/mol. The van der Waals surface area contributed by atoms with Crippen molar-refractivity contribution in [3.8, 4) is 45.1 Å². The Hall–Kier alpha value is -5.09. The van der Waals surface area contributed by atoms with Crippen molar-refractivity contribution in [3.63, 3.8) is 0 Å². The van der Waals surface area contributed by atoms with Crippen molar-refractivity contribution in [3.05, 3.63) is 133 Å². The molecule has 2 heterocycles. The van der Waals surface area contributed by atoms with Crippen LogP contribution in [0.3, 0.4) is 0 Å². The lowest BCUT2D eigenvalue weighted by atomic mass is 10.0. The quantitative estimate of drug-likeness (QED) is 0.248. The molecule has 37 heavy (non-hydrogen) atoms. The van der Waals surface area contributed by atoms with E-state index in [0.29, 0.717) is 5.84 Å². The maximum atomic E-state index is 6.14. The largest absolute Gasteiger partial charge is 0.457 e. The van der Waals surface area contributed by atoms with Crippen molar-refractivity contribution in [2.45, 2.75) is 0 Å². The van der Waals surface area contributed by atoms with Crippen molar-refractivity contribution in [2.24, 2.45) is 0 Å². The van der Waals surface area contributed by atoms with Crippen LogP contribution >= 0.6 is 0 Å². The third-order valence-corrected chi connectivity index (χ3v) is 6.53. The topological polar surface area (TPSA) is 39.7 Å². The summed E-state index contributed by atoms with van der Waals surface area (Å²) in [6.07, 6.45) is 0. The molecule has 0 aliphatic carbocycles. The monoisotopic (exact) mass is 478 g/mol. The van der Waals surface area contributed by atoms with Crippen molar-refractivity contribution in [1.82, 2.24) is 9.38 Å². The number of imidazole rings is 1. The summed E-state index contributed by atoms with van der Waals surface area (Å²) in [6.45, 7) is 0. The van der Waals surface area contributed by atoms with E-state index in [9.17, 15) is 0 Å². The number of oxazole rings is 1. The highest BCUT2D eigenvalue weighted by atomic mass is 16.5. The van der Waals surface area contributed by atoms with Crippen molar-refractivity contribution in [2.75, 3.05) is 0 Å². The SMILES string of the molecule is c1ccc(Oc2ccc(-c3nc4oc5ccccc5n4c3-c3ccc(-c4ccccc4)cc3)cc2)cc1. The number of para-hydroxylation sites is 3. The van der Waals surface area contributed by atoms with Gasteiger partial charge in [-0.15, -0.1) is 0 Å². The van der Waals surface area contributed by atoms with E-state index in [4.69, 9.17) is 14.1 Å². The van der Waals surface area contributed by atoms with Crippen LogP contribution in [-0.4, -0.2) is 9.38 Å². The molecular formula is C33H22N2O2. The van der Waals surface area contributed by atoms with Crippen LogP contribution in [0.4, 0.5) is 0 Å². The van der Waals surface area contributed by atoms with Gasteiger partial charge in [0.2, 0.25) is 0 Å². The molecule has 0 saturated carbocycles. The molecule has 4 heteroatoms. The fraction of sp³-hybridized carbons (Fsp3) is 0. The van der Waals surface area contributed by atoms with Gasteiger partial charge >= 0.3 is 5.84 Å². The number of nitrogens with zero attached hydrogens (tertiary/aromatic N) is 2. The smallest absolute Gasteiger partial charge is 0.307 e. The van der Waals surface area contributed by atoms with Crippen molar-refractivity contribution >= 4 is 16.9 Å². The molecule has 0 aliphatic heterocycles. The van der Waals surface area contributed by atoms with Crippen LogP contribution < -0.4 is 4.74 Å². The van der Waals surface area contributed by atoms with Crippen LogP contribution in [0.2, 0.25) is 0 Å². The van der Waals surface area contributed by atoms with Gasteiger partial charge in [-0.05, 0) is 59.7 Å². The normalized spacial score (nSPS) is 11.2. The Bertz CT molecular complexity index is 1820. The molecule has 176 valence electrons. The molecule has 2 aromatic heterocycles. The third kappa shape index (κ3) is 3.85. The van der Waals surface area contributed by atoms with E-state index in [2.05, 4.69) is 59.0 Å². The summed E-state index contributed by atoms with van der Waals surface area (Å²) in [5.74, 6) is 2.15. The predicted octanol–water partition coefficient (Wildman–Crippen LogP) is 8.87. The summed E-state index contributed by atoms with van der Waals surface area (Å²) in [4.78, 5) is 4.95. The minimum absolute atomic E-state index is 0.572. The van der Waals surface area contributed by atoms with Crippen LogP contribution in [0.15, 0.2) is 138 Å². The first kappa shape index (κ1) is 21.2. The number of fused-ring (bicyclic) bond motifs is 3. The number of rotatable bonds is 5. The molecule has 0 aliphatic rings. The number of hydrogen-bond acceptors (Lipinski definition) is 3. The second-order valence-electron chi connectivity index (χ2n) is 8.88. The van der Waals surface area contributed by atoms with Gasteiger partial charge in [-0.3, -0.25) is 4.40 Å². The number of aromatic nitrogens is 2. The van der Waals surface area contributed by atoms with Gasteiger partial charge in [0.15, 0.2) is 5.58 Å². The van der Waals surface area contributed by atoms with Gasteiger partial charge < -0.3 is 9.15 Å². The van der Waals surface area contributed by atoms with Gasteiger partial charge in [-0.25, -0.2) is 0 Å². The van der Waals surface area contributed by atoms with Crippen LogP contribution in [0.5, 0.6) is 11.5 Å². The van der Waals surface area contributed by atoms with Gasteiger partial charge in [0, 0.05) is 11.1 Å². The van der Waals surface area contributed by atoms with Gasteiger partial charge in [-0.2, -0.15) is 4.98 Å². The molecule has 0 N–H and O–H groups in total. The first-order valence-electron chi connectivity index (χ1n) is 12.2. The van der Waals surface area contributed by atoms with E-state index < -0.39 is 0 Å². The molecule has 0 amide bonds. The van der Waals surface area contributed by atoms with E-state index >= 15 is 0 Å². The van der Waals surface area contributed by atoms with E-state index in [-0.39, 0.29) is 0 Å². The standard InChI is InChI=1S/C33H22N2O2/c1-3-9-23(10-4-1)24-15-17-26(18-16-24)32-31(34-33-35(32)29-13-7-8-14-30(29)37-33)25-19-21-28(22-20-25)36-27-11-5-2-6-12-27/h1-22H. The first-order valence-corrected chi connectivity index (χ1v) is 12.2. The number of hydrogen-bond donors (Lipinski definition) is 0. The molecule has 0 spiro atoms. The Labute approximate surface area is 214 Å². The third-order valence-electron chi connectivity index (χ3n) is 6.53. The van der Waals surface area contributed by atoms with Gasteiger partial charge in [0.05, 0.1) is 11.2 Å². The highest BCUT2D eigenvalue weighted by molar-refractivity contribution is 5.88. The summed E-state index contributed by atoms with van der Waals surface area (Å²) in [7, 11) is 0. The molecule has 0 unspecified atom stereocenters. The summed E-state index contributed by atoms with van der Waals surface area (Å²) >= 11 is 0. The lowest BCUT2D eigenvalue weighted by molar-refractivity contribution is 0.483. The zero-order valence-electron chi connectivity index (χ0n) is 19.9. The molecule has 0 atom stereocenters. The van der Waals surface area contributed by atoms with Gasteiger partial charge in [-0.1, -0.05) is 84.9 Å². The highest BCUT2D eigenvalue weighted by Crippen LogP contribution is 2.37. The van der Waals surface area contributed by atoms with Gasteiger partial charge in [0.1, 0.15) is 17.2 Å². The van der Waals surface area contributed by atoms with Gasteiger partial charge in [0.25, 0.3) is 0 Å². The van der Waals surface area contributed by atoms with E-state index in [1.54, 1.807) is 0 Å². The first-order chi connectivity index (χ1) is 18.3. The zero-order chi connectivity index (χ0) is 24.6. The van der Waals surface area contributed by atoms with E-state index in [1.165, 1.54) is 11.1 Å². The number of ether oxygens (including phenoxy) is 1. The van der Waals surface area contributed by atoms with Crippen LogP contribution in [0.1, 0.15) is 0 Å².